The van der Waals surface area contributed by atoms with Gasteiger partial charge in [0.1, 0.15) is 0 Å². The lowest BCUT2D eigenvalue weighted by Crippen LogP contribution is -2.50. The highest BCUT2D eigenvalue weighted by Crippen LogP contribution is 2.52. The molecule has 2 fully saturated rings. The number of hydrogen-bond acceptors (Lipinski definition) is 4. The number of anilines is 1. The molecule has 3 aromatic rings. The lowest BCUT2D eigenvalue weighted by Gasteiger charge is -2.42. The second kappa shape index (κ2) is 10.3. The highest BCUT2D eigenvalue weighted by Gasteiger charge is 2.48. The fourth-order valence-electron chi connectivity index (χ4n) is 6.74. The summed E-state index contributed by atoms with van der Waals surface area (Å²) >= 11 is 0. The maximum Gasteiger partial charge on any atom is 0.251 e. The van der Waals surface area contributed by atoms with Crippen molar-refractivity contribution < 1.29 is 9.59 Å². The Morgan fingerprint density at radius 3 is 2.42 bits per heavy atom. The van der Waals surface area contributed by atoms with E-state index in [0.29, 0.717) is 17.7 Å². The van der Waals surface area contributed by atoms with E-state index < -0.39 is 0 Å². The van der Waals surface area contributed by atoms with Gasteiger partial charge in [-0.25, -0.2) is 0 Å². The minimum atomic E-state index is -0.234. The summed E-state index contributed by atoms with van der Waals surface area (Å²) in [5.41, 5.74) is 4.42. The Bertz CT molecular complexity index is 1370. The summed E-state index contributed by atoms with van der Waals surface area (Å²) in [5, 5.41) is 16.4. The van der Waals surface area contributed by atoms with E-state index in [2.05, 4.69) is 33.7 Å². The molecule has 5 atom stereocenters. The maximum atomic E-state index is 14.3. The first-order valence-electron chi connectivity index (χ1n) is 13.7. The molecule has 3 aromatic carbocycles. The van der Waals surface area contributed by atoms with Gasteiger partial charge in [-0.05, 0) is 54.7 Å². The first-order chi connectivity index (χ1) is 18.6. The van der Waals surface area contributed by atoms with Crippen molar-refractivity contribution in [2.75, 3.05) is 11.9 Å². The fraction of sp³-hybridized carbons (Fsp3) is 0.344. The monoisotopic (exact) mass is 504 g/mol. The van der Waals surface area contributed by atoms with Crippen molar-refractivity contribution in [2.45, 2.75) is 50.2 Å². The number of carbonyl (C=O) groups excluding carboxylic acids is 2. The average Bonchev–Trinajstić information content (AvgIpc) is 3.43. The van der Waals surface area contributed by atoms with E-state index in [-0.39, 0.29) is 41.8 Å². The molecule has 1 saturated carbocycles. The van der Waals surface area contributed by atoms with Crippen LogP contribution in [-0.4, -0.2) is 29.3 Å². The van der Waals surface area contributed by atoms with Crippen molar-refractivity contribution >= 4 is 17.5 Å². The lowest BCUT2D eigenvalue weighted by atomic mass is 9.79. The van der Waals surface area contributed by atoms with Gasteiger partial charge < -0.3 is 15.5 Å². The molecule has 2 aliphatic heterocycles. The second-order valence-electron chi connectivity index (χ2n) is 10.7. The molecule has 192 valence electrons. The number of nitrogens with one attached hydrogen (secondary N) is 2. The molecule has 0 unspecified atom stereocenters. The Balaban J connectivity index is 1.30. The van der Waals surface area contributed by atoms with Crippen LogP contribution < -0.4 is 10.6 Å². The normalized spacial score (nSPS) is 25.9. The molecule has 1 saturated heterocycles. The third-order valence-corrected chi connectivity index (χ3v) is 8.56. The molecule has 3 aliphatic rings. The van der Waals surface area contributed by atoms with Crippen molar-refractivity contribution in [3.63, 3.8) is 0 Å². The molecule has 2 N–H and O–H groups in total. The van der Waals surface area contributed by atoms with Gasteiger partial charge in [-0.3, -0.25) is 9.59 Å². The van der Waals surface area contributed by atoms with E-state index in [1.165, 1.54) is 5.56 Å². The van der Waals surface area contributed by atoms with Gasteiger partial charge >= 0.3 is 0 Å². The van der Waals surface area contributed by atoms with E-state index in [1.54, 1.807) is 0 Å². The SMILES string of the molecule is N#Cc1ccc2c(c1)N[C@H](c1ccccc1)[C@@H]1CCN(C(=O)[C@H]3CCCC[C@H]3NC(=O)c3ccccc3)[C@H]21. The predicted octanol–water partition coefficient (Wildman–Crippen LogP) is 5.60. The lowest BCUT2D eigenvalue weighted by molar-refractivity contribution is -0.138. The Morgan fingerprint density at radius 1 is 0.921 bits per heavy atom. The van der Waals surface area contributed by atoms with E-state index in [9.17, 15) is 14.9 Å². The summed E-state index contributed by atoms with van der Waals surface area (Å²) in [7, 11) is 0. The summed E-state index contributed by atoms with van der Waals surface area (Å²) in [4.78, 5) is 29.3. The van der Waals surface area contributed by atoms with E-state index in [4.69, 9.17) is 0 Å². The number of nitrogens with zero attached hydrogens (tertiary/aromatic N) is 2. The van der Waals surface area contributed by atoms with Crippen molar-refractivity contribution in [3.8, 4) is 6.07 Å². The van der Waals surface area contributed by atoms with Gasteiger partial charge in [0.15, 0.2) is 0 Å². The minimum absolute atomic E-state index is 0.0559. The molecule has 2 heterocycles. The first kappa shape index (κ1) is 24.2. The molecule has 6 rings (SSSR count). The molecule has 1 aliphatic carbocycles. The third kappa shape index (κ3) is 4.43. The van der Waals surface area contributed by atoms with Crippen molar-refractivity contribution in [1.29, 1.82) is 5.26 Å². The standard InChI is InChI=1S/C32H32N4O2/c33-20-21-15-16-24-28(19-21)34-29(22-9-3-1-4-10-22)26-17-18-36(30(24)26)32(38)25-13-7-8-14-27(25)35-31(37)23-11-5-2-6-12-23/h1-6,9-12,15-16,19,25-27,29-30,34H,7-8,13-14,17-18H2,(H,35,37)/t25-,26-,27+,29+,30+/m0/s1. The predicted molar refractivity (Wildman–Crippen MR) is 146 cm³/mol. The Hall–Kier alpha value is -4.11. The van der Waals surface area contributed by atoms with Crippen LogP contribution in [0, 0.1) is 23.2 Å². The molecule has 0 radical (unpaired) electrons. The first-order valence-corrected chi connectivity index (χ1v) is 13.7. The molecule has 6 heteroatoms. The van der Waals surface area contributed by atoms with Crippen LogP contribution in [0.4, 0.5) is 5.69 Å². The Labute approximate surface area is 223 Å². The highest BCUT2D eigenvalue weighted by atomic mass is 16.2. The van der Waals surface area contributed by atoms with E-state index in [1.807, 2.05) is 66.7 Å². The zero-order chi connectivity index (χ0) is 26.1. The minimum Gasteiger partial charge on any atom is -0.378 e. The molecule has 38 heavy (non-hydrogen) atoms. The zero-order valence-corrected chi connectivity index (χ0v) is 21.3. The summed E-state index contributed by atoms with van der Waals surface area (Å²) in [5.74, 6) is 0.0133. The van der Waals surface area contributed by atoms with Crippen LogP contribution in [0.5, 0.6) is 0 Å². The summed E-state index contributed by atoms with van der Waals surface area (Å²) in [6.45, 7) is 0.689. The maximum absolute atomic E-state index is 14.3. The van der Waals surface area contributed by atoms with Crippen LogP contribution in [0.3, 0.4) is 0 Å². The average molecular weight is 505 g/mol. The van der Waals surface area contributed by atoms with Crippen molar-refractivity contribution in [2.24, 2.45) is 11.8 Å². The van der Waals surface area contributed by atoms with Crippen LogP contribution in [0.15, 0.2) is 78.9 Å². The van der Waals surface area contributed by atoms with Crippen LogP contribution in [0.1, 0.15) is 71.2 Å². The van der Waals surface area contributed by atoms with Crippen LogP contribution in [0.25, 0.3) is 0 Å². The summed E-state index contributed by atoms with van der Waals surface area (Å²) in [6.07, 6.45) is 4.50. The quantitative estimate of drug-likeness (QED) is 0.484. The van der Waals surface area contributed by atoms with E-state index in [0.717, 1.165) is 43.4 Å². The molecule has 0 bridgehead atoms. The molecule has 6 nitrogen and oxygen atoms in total. The van der Waals surface area contributed by atoms with Crippen molar-refractivity contribution in [1.82, 2.24) is 10.2 Å². The van der Waals surface area contributed by atoms with Gasteiger partial charge in [-0.1, -0.05) is 67.4 Å². The number of rotatable bonds is 4. The number of fused-ring (bicyclic) bond motifs is 3. The molecule has 2 amide bonds. The largest absolute Gasteiger partial charge is 0.378 e. The van der Waals surface area contributed by atoms with Gasteiger partial charge in [0.2, 0.25) is 5.91 Å². The number of hydrogen-bond donors (Lipinski definition) is 2. The van der Waals surface area contributed by atoms with Gasteiger partial charge in [-0.15, -0.1) is 0 Å². The summed E-state index contributed by atoms with van der Waals surface area (Å²) < 4.78 is 0. The number of amides is 2. The highest BCUT2D eigenvalue weighted by molar-refractivity contribution is 5.95. The number of benzene rings is 3. The van der Waals surface area contributed by atoms with Gasteiger partial charge in [0.05, 0.1) is 29.6 Å². The van der Waals surface area contributed by atoms with Crippen molar-refractivity contribution in [3.05, 3.63) is 101 Å². The molecular formula is C32H32N4O2. The Morgan fingerprint density at radius 2 is 1.66 bits per heavy atom. The van der Waals surface area contributed by atoms with Crippen LogP contribution in [-0.2, 0) is 4.79 Å². The third-order valence-electron chi connectivity index (χ3n) is 8.56. The van der Waals surface area contributed by atoms with Crippen LogP contribution >= 0.6 is 0 Å². The molecule has 0 spiro atoms. The van der Waals surface area contributed by atoms with E-state index >= 15 is 0 Å². The van der Waals surface area contributed by atoms with Gasteiger partial charge in [0.25, 0.3) is 5.91 Å². The fourth-order valence-corrected chi connectivity index (χ4v) is 6.74. The molecular weight excluding hydrogens is 472 g/mol. The Kier molecular flexibility index (Phi) is 6.59. The number of carbonyl (C=O) groups is 2. The van der Waals surface area contributed by atoms with Crippen LogP contribution in [0.2, 0.25) is 0 Å². The summed E-state index contributed by atoms with van der Waals surface area (Å²) in [6, 6.07) is 27.5. The topological polar surface area (TPSA) is 85.2 Å². The zero-order valence-electron chi connectivity index (χ0n) is 21.3. The smallest absolute Gasteiger partial charge is 0.251 e. The second-order valence-corrected chi connectivity index (χ2v) is 10.7. The molecule has 0 aromatic heterocycles. The number of nitriles is 1. The number of likely N-dealkylation sites (tertiary alicyclic amines) is 1. The van der Waals surface area contributed by atoms with Gasteiger partial charge in [-0.2, -0.15) is 5.26 Å². The van der Waals surface area contributed by atoms with Gasteiger partial charge in [0, 0.05) is 29.8 Å².